The molecule has 6 nitrogen and oxygen atoms in total. The van der Waals surface area contributed by atoms with Gasteiger partial charge in [-0.05, 0) is 36.6 Å². The lowest BCUT2D eigenvalue weighted by Gasteiger charge is -2.39. The van der Waals surface area contributed by atoms with Gasteiger partial charge in [0, 0.05) is 32.0 Å². The summed E-state index contributed by atoms with van der Waals surface area (Å²) in [6.07, 6.45) is 5.04. The number of likely N-dealkylation sites (tertiary alicyclic amines) is 1. The second-order valence-corrected chi connectivity index (χ2v) is 7.37. The highest BCUT2D eigenvalue weighted by Gasteiger charge is 2.52. The molecule has 27 heavy (non-hydrogen) atoms. The molecule has 2 amide bonds. The molecule has 0 bridgehead atoms. The fourth-order valence-electron chi connectivity index (χ4n) is 4.59. The van der Waals surface area contributed by atoms with E-state index in [1.54, 1.807) is 15.5 Å². The van der Waals surface area contributed by atoms with Crippen molar-refractivity contribution in [2.75, 3.05) is 25.0 Å². The number of hydrogen-bond donors (Lipinski definition) is 0. The zero-order chi connectivity index (χ0) is 18.6. The second-order valence-electron chi connectivity index (χ2n) is 7.37. The molecule has 5 rings (SSSR count). The maximum atomic E-state index is 13.3. The number of pyridine rings is 1. The minimum Gasteiger partial charge on any atom is -0.336 e. The molecular weight excluding hydrogens is 340 g/mol. The van der Waals surface area contributed by atoms with Crippen LogP contribution in [0.5, 0.6) is 0 Å². The van der Waals surface area contributed by atoms with Gasteiger partial charge < -0.3 is 9.80 Å². The zero-order valence-electron chi connectivity index (χ0n) is 15.1. The zero-order valence-corrected chi connectivity index (χ0v) is 15.1. The Hall–Kier alpha value is -3.15. The Balaban J connectivity index is 1.53. The number of para-hydroxylation sites is 1. The minimum atomic E-state index is -0.639. The van der Waals surface area contributed by atoms with Crippen LogP contribution in [-0.4, -0.2) is 46.2 Å². The number of piperidine rings is 1. The van der Waals surface area contributed by atoms with Gasteiger partial charge in [-0.25, -0.2) is 4.98 Å². The maximum Gasteiger partial charge on any atom is 0.272 e. The van der Waals surface area contributed by atoms with E-state index in [1.165, 1.54) is 0 Å². The number of nitrogens with zero attached hydrogens (tertiary/aromatic N) is 4. The van der Waals surface area contributed by atoms with Gasteiger partial charge in [0.05, 0.1) is 11.6 Å². The van der Waals surface area contributed by atoms with Crippen LogP contribution in [0.2, 0.25) is 0 Å². The van der Waals surface area contributed by atoms with Gasteiger partial charge in [-0.2, -0.15) is 0 Å². The van der Waals surface area contributed by atoms with Crippen LogP contribution in [0.15, 0.2) is 54.9 Å². The molecule has 0 unspecified atom stereocenters. The van der Waals surface area contributed by atoms with Crippen LogP contribution >= 0.6 is 0 Å². The number of carbonyl (C=O) groups excluding carboxylic acids is 2. The van der Waals surface area contributed by atoms with E-state index < -0.39 is 5.41 Å². The van der Waals surface area contributed by atoms with Crippen LogP contribution in [-0.2, 0) is 10.2 Å². The molecule has 0 N–H and O–H groups in total. The molecule has 0 saturated carbocycles. The molecule has 1 fully saturated rings. The van der Waals surface area contributed by atoms with E-state index in [0.29, 0.717) is 18.8 Å². The van der Waals surface area contributed by atoms with E-state index in [9.17, 15) is 9.59 Å². The van der Waals surface area contributed by atoms with Crippen LogP contribution in [0.25, 0.3) is 5.65 Å². The largest absolute Gasteiger partial charge is 0.336 e. The summed E-state index contributed by atoms with van der Waals surface area (Å²) in [5.41, 5.74) is 2.63. The number of carbonyl (C=O) groups is 2. The lowest BCUT2D eigenvalue weighted by Crippen LogP contribution is -2.53. The van der Waals surface area contributed by atoms with Gasteiger partial charge in [0.25, 0.3) is 5.91 Å². The highest BCUT2D eigenvalue weighted by atomic mass is 16.2. The quantitative estimate of drug-likeness (QED) is 0.670. The van der Waals surface area contributed by atoms with Crippen molar-refractivity contribution in [3.63, 3.8) is 0 Å². The van der Waals surface area contributed by atoms with E-state index in [4.69, 9.17) is 0 Å². The number of likely N-dealkylation sites (N-methyl/N-ethyl adjacent to an activating group) is 1. The Kier molecular flexibility index (Phi) is 3.37. The third kappa shape index (κ3) is 2.16. The molecular formula is C21H20N4O2. The van der Waals surface area contributed by atoms with E-state index in [2.05, 4.69) is 4.98 Å². The van der Waals surface area contributed by atoms with E-state index in [0.717, 1.165) is 29.7 Å². The fourth-order valence-corrected chi connectivity index (χ4v) is 4.59. The van der Waals surface area contributed by atoms with Crippen LogP contribution < -0.4 is 4.90 Å². The van der Waals surface area contributed by atoms with Gasteiger partial charge in [-0.3, -0.25) is 14.0 Å². The summed E-state index contributed by atoms with van der Waals surface area (Å²) in [7, 11) is 1.82. The summed E-state index contributed by atoms with van der Waals surface area (Å²) >= 11 is 0. The Morgan fingerprint density at radius 1 is 1.15 bits per heavy atom. The first-order valence-electron chi connectivity index (χ1n) is 9.21. The lowest BCUT2D eigenvalue weighted by atomic mass is 9.75. The number of imidazole rings is 1. The van der Waals surface area contributed by atoms with Gasteiger partial charge in [0.2, 0.25) is 5.91 Å². The first-order chi connectivity index (χ1) is 13.1. The van der Waals surface area contributed by atoms with Crippen molar-refractivity contribution in [2.45, 2.75) is 18.3 Å². The Labute approximate surface area is 157 Å². The Morgan fingerprint density at radius 2 is 1.96 bits per heavy atom. The van der Waals surface area contributed by atoms with E-state index in [-0.39, 0.29) is 11.8 Å². The highest BCUT2D eigenvalue weighted by molar-refractivity contribution is 6.08. The lowest BCUT2D eigenvalue weighted by molar-refractivity contribution is -0.124. The smallest absolute Gasteiger partial charge is 0.272 e. The molecule has 1 saturated heterocycles. The van der Waals surface area contributed by atoms with Crippen LogP contribution in [0.4, 0.5) is 5.69 Å². The molecule has 1 atom stereocenters. The monoisotopic (exact) mass is 360 g/mol. The summed E-state index contributed by atoms with van der Waals surface area (Å²) in [5, 5.41) is 0. The minimum absolute atomic E-state index is 0.0763. The molecule has 2 aromatic heterocycles. The average Bonchev–Trinajstić information content (AvgIpc) is 3.23. The predicted molar refractivity (Wildman–Crippen MR) is 102 cm³/mol. The maximum absolute atomic E-state index is 13.3. The SMILES string of the molecule is CN1C(=O)[C@@]2(CCCN(C(=O)c3cnc4ccccn34)C2)c2ccccc21. The number of fused-ring (bicyclic) bond motifs is 3. The molecule has 1 spiro atoms. The van der Waals surface area contributed by atoms with Crippen molar-refractivity contribution in [3.05, 3.63) is 66.1 Å². The molecule has 4 heterocycles. The van der Waals surface area contributed by atoms with Crippen LogP contribution in [0.1, 0.15) is 28.9 Å². The van der Waals surface area contributed by atoms with Gasteiger partial charge >= 0.3 is 0 Å². The van der Waals surface area contributed by atoms with Gasteiger partial charge in [-0.15, -0.1) is 0 Å². The van der Waals surface area contributed by atoms with Crippen molar-refractivity contribution in [1.29, 1.82) is 0 Å². The molecule has 0 radical (unpaired) electrons. The molecule has 0 aliphatic carbocycles. The summed E-state index contributed by atoms with van der Waals surface area (Å²) in [6.45, 7) is 1.06. The standard InChI is InChI=1S/C21H20N4O2/c1-23-16-8-3-2-7-15(16)21(20(23)27)10-6-11-24(14-21)19(26)17-13-22-18-9-4-5-12-25(17)18/h2-5,7-9,12-13H,6,10-11,14H2,1H3/t21-/m1/s1. The number of hydrogen-bond acceptors (Lipinski definition) is 3. The highest BCUT2D eigenvalue weighted by Crippen LogP contribution is 2.46. The van der Waals surface area contributed by atoms with Crippen molar-refractivity contribution in [2.24, 2.45) is 0 Å². The first-order valence-corrected chi connectivity index (χ1v) is 9.21. The van der Waals surface area contributed by atoms with Gasteiger partial charge in [0.1, 0.15) is 11.3 Å². The molecule has 3 aromatic rings. The number of anilines is 1. The van der Waals surface area contributed by atoms with E-state index in [1.807, 2.05) is 60.6 Å². The summed E-state index contributed by atoms with van der Waals surface area (Å²) in [4.78, 5) is 34.3. The summed E-state index contributed by atoms with van der Waals surface area (Å²) in [5.74, 6) is 0.00644. The van der Waals surface area contributed by atoms with Crippen molar-refractivity contribution < 1.29 is 9.59 Å². The third-order valence-corrected chi connectivity index (χ3v) is 5.91. The fraction of sp³-hybridized carbons (Fsp3) is 0.286. The van der Waals surface area contributed by atoms with Crippen LogP contribution in [0.3, 0.4) is 0 Å². The third-order valence-electron chi connectivity index (χ3n) is 5.91. The van der Waals surface area contributed by atoms with Crippen LogP contribution in [0, 0.1) is 0 Å². The predicted octanol–water partition coefficient (Wildman–Crippen LogP) is 2.48. The summed E-state index contributed by atoms with van der Waals surface area (Å²) in [6, 6.07) is 13.6. The number of rotatable bonds is 1. The topological polar surface area (TPSA) is 57.9 Å². The Morgan fingerprint density at radius 3 is 2.85 bits per heavy atom. The number of amides is 2. The molecule has 2 aliphatic rings. The van der Waals surface area contributed by atoms with E-state index >= 15 is 0 Å². The van der Waals surface area contributed by atoms with Crippen molar-refractivity contribution >= 4 is 23.1 Å². The molecule has 6 heteroatoms. The van der Waals surface area contributed by atoms with Crippen molar-refractivity contribution in [1.82, 2.24) is 14.3 Å². The summed E-state index contributed by atoms with van der Waals surface area (Å²) < 4.78 is 1.81. The average molecular weight is 360 g/mol. The first kappa shape index (κ1) is 16.1. The van der Waals surface area contributed by atoms with Gasteiger partial charge in [-0.1, -0.05) is 24.3 Å². The number of benzene rings is 1. The Bertz CT molecular complexity index is 1070. The second kappa shape index (κ2) is 5.67. The van der Waals surface area contributed by atoms with Gasteiger partial charge in [0.15, 0.2) is 0 Å². The molecule has 2 aliphatic heterocycles. The number of aromatic nitrogens is 2. The molecule has 136 valence electrons. The van der Waals surface area contributed by atoms with Crippen molar-refractivity contribution in [3.8, 4) is 0 Å². The molecule has 1 aromatic carbocycles. The normalized spacial score (nSPS) is 21.9.